The molecule has 2 nitrogen and oxygen atoms in total. The fraction of sp³-hybridized carbons (Fsp3) is 0.300. The van der Waals surface area contributed by atoms with Gasteiger partial charge >= 0.3 is 0 Å². The van der Waals surface area contributed by atoms with Crippen molar-refractivity contribution in [3.63, 3.8) is 0 Å². The van der Waals surface area contributed by atoms with Gasteiger partial charge in [0.25, 0.3) is 0 Å². The number of fused-ring (bicyclic) bond motifs is 1. The molecule has 1 aliphatic carbocycles. The molecule has 1 fully saturated rings. The number of aliphatic imine (C=N–C) groups is 1. The van der Waals surface area contributed by atoms with Crippen molar-refractivity contribution in [1.29, 1.82) is 0 Å². The average Bonchev–Trinajstić information content (AvgIpc) is 3.38. The van der Waals surface area contributed by atoms with E-state index >= 15 is 0 Å². The first-order valence-electron chi connectivity index (χ1n) is 8.15. The summed E-state index contributed by atoms with van der Waals surface area (Å²) < 4.78 is 0. The van der Waals surface area contributed by atoms with Crippen LogP contribution < -0.4 is 0 Å². The molecule has 2 aromatic carbocycles. The molecule has 1 heterocycles. The zero-order valence-corrected chi connectivity index (χ0v) is 13.6. The van der Waals surface area contributed by atoms with E-state index in [0.717, 1.165) is 28.8 Å². The van der Waals surface area contributed by atoms with Crippen molar-refractivity contribution in [2.24, 2.45) is 10.9 Å². The van der Waals surface area contributed by atoms with E-state index in [0.29, 0.717) is 17.4 Å². The van der Waals surface area contributed by atoms with Crippen molar-refractivity contribution in [2.45, 2.75) is 31.7 Å². The summed E-state index contributed by atoms with van der Waals surface area (Å²) in [5.41, 5.74) is 3.97. The number of benzene rings is 2. The Morgan fingerprint density at radius 1 is 1.09 bits per heavy atom. The highest BCUT2D eigenvalue weighted by Gasteiger charge is 2.32. The molecular weight excluding hydrogens is 306 g/mol. The van der Waals surface area contributed by atoms with Crippen LogP contribution >= 0.6 is 11.6 Å². The number of nitrogens with zero attached hydrogens (tertiary/aromatic N) is 1. The lowest BCUT2D eigenvalue weighted by Gasteiger charge is -2.11. The van der Waals surface area contributed by atoms with Crippen LogP contribution in [0, 0.1) is 5.92 Å². The number of carbonyl (C=O) groups is 1. The van der Waals surface area contributed by atoms with Crippen molar-refractivity contribution in [3.8, 4) is 0 Å². The highest BCUT2D eigenvalue weighted by atomic mass is 35.5. The molecule has 0 amide bonds. The first kappa shape index (κ1) is 14.6. The summed E-state index contributed by atoms with van der Waals surface area (Å²) >= 11 is 6.21. The third kappa shape index (κ3) is 3.09. The number of hydrogen-bond acceptors (Lipinski definition) is 2. The van der Waals surface area contributed by atoms with Crippen LogP contribution in [-0.4, -0.2) is 17.5 Å². The van der Waals surface area contributed by atoms with Crippen LogP contribution in [-0.2, 0) is 11.2 Å². The van der Waals surface area contributed by atoms with Gasteiger partial charge in [0.15, 0.2) is 5.78 Å². The summed E-state index contributed by atoms with van der Waals surface area (Å²) in [5, 5.41) is 0.681. The van der Waals surface area contributed by atoms with E-state index in [1.165, 1.54) is 12.8 Å². The monoisotopic (exact) mass is 323 g/mol. The molecule has 116 valence electrons. The van der Waals surface area contributed by atoms with E-state index in [9.17, 15) is 4.79 Å². The summed E-state index contributed by atoms with van der Waals surface area (Å²) in [4.78, 5) is 17.6. The standard InChI is InChI=1S/C20H18ClNO/c21-16-9-8-15-11-19(23)18(10-13-6-7-13)22-20(17(15)12-16)14-4-2-1-3-5-14/h1-5,8-9,12-13,18H,6-7,10-11H2/t18-/m0/s1. The summed E-state index contributed by atoms with van der Waals surface area (Å²) in [6, 6.07) is 15.6. The molecule has 0 saturated heterocycles. The number of ketones is 1. The summed E-state index contributed by atoms with van der Waals surface area (Å²) in [7, 11) is 0. The predicted molar refractivity (Wildman–Crippen MR) is 93.4 cm³/mol. The van der Waals surface area contributed by atoms with Crippen LogP contribution in [0.25, 0.3) is 0 Å². The molecule has 2 aromatic rings. The first-order valence-corrected chi connectivity index (χ1v) is 8.53. The van der Waals surface area contributed by atoms with Crippen molar-refractivity contribution in [3.05, 3.63) is 70.2 Å². The Morgan fingerprint density at radius 3 is 2.61 bits per heavy atom. The molecule has 1 saturated carbocycles. The molecule has 23 heavy (non-hydrogen) atoms. The van der Waals surface area contributed by atoms with Crippen molar-refractivity contribution in [2.75, 3.05) is 0 Å². The Balaban J connectivity index is 1.85. The second kappa shape index (κ2) is 5.93. The molecule has 0 spiro atoms. The molecule has 4 rings (SSSR count). The van der Waals surface area contributed by atoms with E-state index < -0.39 is 0 Å². The highest BCUT2D eigenvalue weighted by molar-refractivity contribution is 6.31. The fourth-order valence-electron chi connectivity index (χ4n) is 3.21. The Hall–Kier alpha value is -1.93. The van der Waals surface area contributed by atoms with Crippen LogP contribution in [0.5, 0.6) is 0 Å². The topological polar surface area (TPSA) is 29.4 Å². The van der Waals surface area contributed by atoms with Gasteiger partial charge in [0.05, 0.1) is 5.71 Å². The largest absolute Gasteiger partial charge is 0.297 e. The second-order valence-corrected chi connectivity index (χ2v) is 6.92. The molecule has 3 heteroatoms. The lowest BCUT2D eigenvalue weighted by molar-refractivity contribution is -0.119. The maximum Gasteiger partial charge on any atom is 0.161 e. The average molecular weight is 324 g/mol. The Labute approximate surface area is 141 Å². The molecule has 1 atom stereocenters. The third-order valence-corrected chi connectivity index (χ3v) is 4.88. The van der Waals surface area contributed by atoms with Crippen LogP contribution in [0.2, 0.25) is 5.02 Å². The van der Waals surface area contributed by atoms with Crippen molar-refractivity contribution in [1.82, 2.24) is 0 Å². The predicted octanol–water partition coefficient (Wildman–Crippen LogP) is 4.47. The van der Waals surface area contributed by atoms with Gasteiger partial charge < -0.3 is 0 Å². The molecule has 0 radical (unpaired) electrons. The lowest BCUT2D eigenvalue weighted by Crippen LogP contribution is -2.21. The van der Waals surface area contributed by atoms with Crippen LogP contribution in [0.3, 0.4) is 0 Å². The summed E-state index contributed by atoms with van der Waals surface area (Å²) in [6.45, 7) is 0. The van der Waals surface area contributed by atoms with E-state index in [1.54, 1.807) is 0 Å². The quantitative estimate of drug-likeness (QED) is 0.819. The molecule has 0 unspecified atom stereocenters. The van der Waals surface area contributed by atoms with E-state index in [2.05, 4.69) is 0 Å². The number of carbonyl (C=O) groups excluding carboxylic acids is 1. The molecule has 0 N–H and O–H groups in total. The normalized spacial score (nSPS) is 20.7. The SMILES string of the molecule is O=C1Cc2ccc(Cl)cc2C(c2ccccc2)=N[C@H]1CC1CC1. The molecule has 2 aliphatic rings. The van der Waals surface area contributed by atoms with Crippen LogP contribution in [0.4, 0.5) is 0 Å². The van der Waals surface area contributed by atoms with Gasteiger partial charge in [0.1, 0.15) is 6.04 Å². The zero-order chi connectivity index (χ0) is 15.8. The second-order valence-electron chi connectivity index (χ2n) is 6.48. The minimum absolute atomic E-state index is 0.219. The summed E-state index contributed by atoms with van der Waals surface area (Å²) in [5.74, 6) is 0.904. The Bertz CT molecular complexity index is 777. The van der Waals surface area contributed by atoms with E-state index in [-0.39, 0.29) is 11.8 Å². The molecule has 0 aromatic heterocycles. The van der Waals surface area contributed by atoms with E-state index in [1.807, 2.05) is 48.5 Å². The van der Waals surface area contributed by atoms with Crippen LogP contribution in [0.15, 0.2) is 53.5 Å². The highest BCUT2D eigenvalue weighted by Crippen LogP contribution is 2.36. The number of halogens is 1. The maximum absolute atomic E-state index is 12.7. The Morgan fingerprint density at radius 2 is 1.87 bits per heavy atom. The van der Waals surface area contributed by atoms with Crippen molar-refractivity contribution >= 4 is 23.1 Å². The minimum atomic E-state index is -0.219. The lowest BCUT2D eigenvalue weighted by atomic mass is 9.95. The Kier molecular flexibility index (Phi) is 3.78. The minimum Gasteiger partial charge on any atom is -0.297 e. The molecule has 0 bridgehead atoms. The smallest absolute Gasteiger partial charge is 0.161 e. The van der Waals surface area contributed by atoms with Crippen molar-refractivity contribution < 1.29 is 4.79 Å². The third-order valence-electron chi connectivity index (χ3n) is 4.65. The zero-order valence-electron chi connectivity index (χ0n) is 12.8. The first-order chi connectivity index (χ1) is 11.2. The molecule has 1 aliphatic heterocycles. The van der Waals surface area contributed by atoms with Gasteiger partial charge in [-0.2, -0.15) is 0 Å². The van der Waals surface area contributed by atoms with Crippen LogP contribution in [0.1, 0.15) is 36.0 Å². The van der Waals surface area contributed by atoms with Gasteiger partial charge in [-0.25, -0.2) is 0 Å². The number of Topliss-reactive ketones (excluding diaryl/α,β-unsaturated/α-hetero) is 1. The van der Waals surface area contributed by atoms with Gasteiger partial charge in [0, 0.05) is 22.6 Å². The van der Waals surface area contributed by atoms with Gasteiger partial charge in [-0.3, -0.25) is 9.79 Å². The van der Waals surface area contributed by atoms with Gasteiger partial charge in [-0.1, -0.05) is 60.8 Å². The van der Waals surface area contributed by atoms with Gasteiger partial charge in [0.2, 0.25) is 0 Å². The summed E-state index contributed by atoms with van der Waals surface area (Å²) in [6.07, 6.45) is 3.80. The van der Waals surface area contributed by atoms with Gasteiger partial charge in [-0.05, 0) is 30.0 Å². The maximum atomic E-state index is 12.7. The molecular formula is C20H18ClNO. The number of hydrogen-bond donors (Lipinski definition) is 0. The fourth-order valence-corrected chi connectivity index (χ4v) is 3.38. The number of rotatable bonds is 3. The van der Waals surface area contributed by atoms with E-state index in [4.69, 9.17) is 16.6 Å². The van der Waals surface area contributed by atoms with Gasteiger partial charge in [-0.15, -0.1) is 0 Å².